The van der Waals surface area contributed by atoms with Crippen LogP contribution in [-0.2, 0) is 14.3 Å². The van der Waals surface area contributed by atoms with Crippen molar-refractivity contribution in [3.63, 3.8) is 0 Å². The Balaban J connectivity index is 2.61. The largest absolute Gasteiger partial charge is 0.444 e. The molecule has 0 saturated carbocycles. The molecule has 0 unspecified atom stereocenters. The number of likely N-dealkylation sites (tertiary alicyclic amines) is 1. The van der Waals surface area contributed by atoms with Crippen molar-refractivity contribution < 1.29 is 19.1 Å². The van der Waals surface area contributed by atoms with Gasteiger partial charge in [-0.05, 0) is 40.5 Å². The Bertz CT molecular complexity index is 417. The fraction of sp³-hybridized carbons (Fsp3) is 0.786. The Labute approximate surface area is 125 Å². The molecule has 120 valence electrons. The number of rotatable bonds is 3. The molecule has 0 aliphatic carbocycles. The second-order valence-corrected chi connectivity index (χ2v) is 6.17. The van der Waals surface area contributed by atoms with Gasteiger partial charge in [-0.3, -0.25) is 9.59 Å². The average Bonchev–Trinajstić information content (AvgIpc) is 2.83. The van der Waals surface area contributed by atoms with Crippen molar-refractivity contribution in [1.82, 2.24) is 15.5 Å². The van der Waals surface area contributed by atoms with Crippen LogP contribution in [0.3, 0.4) is 0 Å². The highest BCUT2D eigenvalue weighted by atomic mass is 16.6. The van der Waals surface area contributed by atoms with E-state index in [1.54, 1.807) is 34.7 Å². The van der Waals surface area contributed by atoms with Crippen molar-refractivity contribution in [2.45, 2.75) is 58.2 Å². The number of hydrogen-bond acceptors (Lipinski definition) is 4. The SMILES string of the molecule is CNC(=O)[C@@H]1CCCN1C(=O)[C@H](C)NC(=O)OC(C)(C)C. The number of ether oxygens (including phenoxy) is 1. The van der Waals surface area contributed by atoms with Crippen LogP contribution in [0.2, 0.25) is 0 Å². The Morgan fingerprint density at radius 3 is 2.43 bits per heavy atom. The third-order valence-electron chi connectivity index (χ3n) is 3.19. The monoisotopic (exact) mass is 299 g/mol. The van der Waals surface area contributed by atoms with E-state index in [0.717, 1.165) is 6.42 Å². The van der Waals surface area contributed by atoms with Crippen LogP contribution in [0.25, 0.3) is 0 Å². The van der Waals surface area contributed by atoms with E-state index in [-0.39, 0.29) is 11.8 Å². The van der Waals surface area contributed by atoms with E-state index in [1.165, 1.54) is 4.90 Å². The van der Waals surface area contributed by atoms with Crippen LogP contribution in [0.1, 0.15) is 40.5 Å². The second-order valence-electron chi connectivity index (χ2n) is 6.17. The highest BCUT2D eigenvalue weighted by Gasteiger charge is 2.36. The van der Waals surface area contributed by atoms with Crippen LogP contribution >= 0.6 is 0 Å². The third-order valence-corrected chi connectivity index (χ3v) is 3.19. The van der Waals surface area contributed by atoms with Gasteiger partial charge < -0.3 is 20.3 Å². The molecular formula is C14H25N3O4. The van der Waals surface area contributed by atoms with Crippen molar-refractivity contribution in [1.29, 1.82) is 0 Å². The first-order valence-electron chi connectivity index (χ1n) is 7.17. The molecule has 1 saturated heterocycles. The first kappa shape index (κ1) is 17.3. The van der Waals surface area contributed by atoms with E-state index in [1.807, 2.05) is 0 Å². The number of carbonyl (C=O) groups is 3. The molecule has 2 N–H and O–H groups in total. The number of nitrogens with one attached hydrogen (secondary N) is 2. The Morgan fingerprint density at radius 2 is 1.90 bits per heavy atom. The van der Waals surface area contributed by atoms with Crippen LogP contribution < -0.4 is 10.6 Å². The molecule has 1 aliphatic rings. The summed E-state index contributed by atoms with van der Waals surface area (Å²) in [5, 5.41) is 5.06. The van der Waals surface area contributed by atoms with Gasteiger partial charge in [0, 0.05) is 13.6 Å². The van der Waals surface area contributed by atoms with E-state index < -0.39 is 23.8 Å². The molecule has 7 heteroatoms. The molecule has 7 nitrogen and oxygen atoms in total. The van der Waals surface area contributed by atoms with Gasteiger partial charge in [-0.1, -0.05) is 0 Å². The molecule has 0 radical (unpaired) electrons. The highest BCUT2D eigenvalue weighted by molar-refractivity contribution is 5.91. The van der Waals surface area contributed by atoms with Crippen LogP contribution in [0, 0.1) is 0 Å². The van der Waals surface area contributed by atoms with Crippen molar-refractivity contribution in [3.8, 4) is 0 Å². The molecule has 1 rings (SSSR count). The molecule has 0 spiro atoms. The van der Waals surface area contributed by atoms with Gasteiger partial charge in [0.2, 0.25) is 11.8 Å². The summed E-state index contributed by atoms with van der Waals surface area (Å²) in [6.07, 6.45) is 0.784. The molecule has 3 amide bonds. The Hall–Kier alpha value is -1.79. The fourth-order valence-electron chi connectivity index (χ4n) is 2.26. The van der Waals surface area contributed by atoms with Crippen molar-refractivity contribution >= 4 is 17.9 Å². The summed E-state index contributed by atoms with van der Waals surface area (Å²) in [5.74, 6) is -0.447. The maximum absolute atomic E-state index is 12.4. The van der Waals surface area contributed by atoms with Gasteiger partial charge in [0.15, 0.2) is 0 Å². The third kappa shape index (κ3) is 4.91. The van der Waals surface area contributed by atoms with Gasteiger partial charge in [0.05, 0.1) is 0 Å². The van der Waals surface area contributed by atoms with Crippen LogP contribution in [0.15, 0.2) is 0 Å². The maximum Gasteiger partial charge on any atom is 0.408 e. The lowest BCUT2D eigenvalue weighted by molar-refractivity contribution is -0.139. The van der Waals surface area contributed by atoms with Crippen molar-refractivity contribution in [2.24, 2.45) is 0 Å². The van der Waals surface area contributed by atoms with Gasteiger partial charge in [0.1, 0.15) is 17.7 Å². The van der Waals surface area contributed by atoms with Gasteiger partial charge >= 0.3 is 6.09 Å². The van der Waals surface area contributed by atoms with E-state index in [9.17, 15) is 14.4 Å². The number of amides is 3. The molecule has 1 aliphatic heterocycles. The van der Waals surface area contributed by atoms with Gasteiger partial charge in [-0.2, -0.15) is 0 Å². The molecular weight excluding hydrogens is 274 g/mol. The predicted octanol–water partition coefficient (Wildman–Crippen LogP) is 0.637. The lowest BCUT2D eigenvalue weighted by atomic mass is 10.2. The fourth-order valence-corrected chi connectivity index (χ4v) is 2.26. The summed E-state index contributed by atoms with van der Waals surface area (Å²) in [6, 6.07) is -1.18. The van der Waals surface area contributed by atoms with E-state index in [0.29, 0.717) is 13.0 Å². The molecule has 21 heavy (non-hydrogen) atoms. The molecule has 0 aromatic heterocycles. The summed E-state index contributed by atoms with van der Waals surface area (Å²) in [7, 11) is 1.55. The van der Waals surface area contributed by atoms with Crippen LogP contribution in [0.4, 0.5) is 4.79 Å². The maximum atomic E-state index is 12.4. The lowest BCUT2D eigenvalue weighted by Crippen LogP contribution is -2.52. The Kier molecular flexibility index (Phi) is 5.57. The quantitative estimate of drug-likeness (QED) is 0.800. The van der Waals surface area contributed by atoms with E-state index in [2.05, 4.69) is 10.6 Å². The first-order chi connectivity index (χ1) is 9.65. The first-order valence-corrected chi connectivity index (χ1v) is 7.17. The van der Waals surface area contributed by atoms with Crippen molar-refractivity contribution in [3.05, 3.63) is 0 Å². The lowest BCUT2D eigenvalue weighted by Gasteiger charge is -2.27. The smallest absolute Gasteiger partial charge is 0.408 e. The zero-order valence-electron chi connectivity index (χ0n) is 13.4. The Morgan fingerprint density at radius 1 is 1.29 bits per heavy atom. The van der Waals surface area contributed by atoms with Gasteiger partial charge in [-0.25, -0.2) is 4.79 Å². The minimum absolute atomic E-state index is 0.176. The number of likely N-dealkylation sites (N-methyl/N-ethyl adjacent to an activating group) is 1. The second kappa shape index (κ2) is 6.78. The summed E-state index contributed by atoms with van der Waals surface area (Å²) in [4.78, 5) is 37.3. The van der Waals surface area contributed by atoms with Crippen LogP contribution in [-0.4, -0.2) is 54.1 Å². The number of carbonyl (C=O) groups excluding carboxylic acids is 3. The van der Waals surface area contributed by atoms with E-state index in [4.69, 9.17) is 4.74 Å². The van der Waals surface area contributed by atoms with Gasteiger partial charge in [0.25, 0.3) is 0 Å². The minimum atomic E-state index is -0.731. The summed E-state index contributed by atoms with van der Waals surface area (Å²) in [6.45, 7) is 7.37. The summed E-state index contributed by atoms with van der Waals surface area (Å²) in [5.41, 5.74) is -0.620. The number of alkyl carbamates (subject to hydrolysis) is 1. The number of hydrogen-bond donors (Lipinski definition) is 2. The molecule has 0 aromatic rings. The van der Waals surface area contributed by atoms with E-state index >= 15 is 0 Å². The van der Waals surface area contributed by atoms with Crippen molar-refractivity contribution in [2.75, 3.05) is 13.6 Å². The van der Waals surface area contributed by atoms with Crippen LogP contribution in [0.5, 0.6) is 0 Å². The normalized spacial score (nSPS) is 19.9. The zero-order valence-corrected chi connectivity index (χ0v) is 13.4. The molecule has 2 atom stereocenters. The highest BCUT2D eigenvalue weighted by Crippen LogP contribution is 2.18. The summed E-state index contributed by atoms with van der Waals surface area (Å²) >= 11 is 0. The van der Waals surface area contributed by atoms with Gasteiger partial charge in [-0.15, -0.1) is 0 Å². The molecule has 0 aromatic carbocycles. The average molecular weight is 299 g/mol. The topological polar surface area (TPSA) is 87.7 Å². The molecule has 1 heterocycles. The predicted molar refractivity (Wildman–Crippen MR) is 77.6 cm³/mol. The molecule has 1 fully saturated rings. The standard InChI is InChI=1S/C14H25N3O4/c1-9(16-13(20)21-14(2,3)4)12(19)17-8-6-7-10(17)11(18)15-5/h9-10H,6-8H2,1-5H3,(H,15,18)(H,16,20)/t9-,10-/m0/s1. The molecule has 0 bridgehead atoms. The minimum Gasteiger partial charge on any atom is -0.444 e. The zero-order chi connectivity index (χ0) is 16.2. The summed E-state index contributed by atoms with van der Waals surface area (Å²) < 4.78 is 5.12. The number of nitrogens with zero attached hydrogens (tertiary/aromatic N) is 1.